The Hall–Kier alpha value is -2.81. The van der Waals surface area contributed by atoms with Gasteiger partial charge in [0.05, 0.1) is 5.69 Å². The van der Waals surface area contributed by atoms with Gasteiger partial charge in [-0.15, -0.1) is 11.3 Å². The van der Waals surface area contributed by atoms with E-state index in [9.17, 15) is 9.59 Å². The molecule has 0 bridgehead atoms. The quantitative estimate of drug-likeness (QED) is 0.777. The lowest BCUT2D eigenvalue weighted by atomic mass is 10.3. The van der Waals surface area contributed by atoms with Crippen LogP contribution in [0.2, 0.25) is 0 Å². The summed E-state index contributed by atoms with van der Waals surface area (Å²) in [7, 11) is 1.49. The predicted octanol–water partition coefficient (Wildman–Crippen LogP) is 2.02. The fourth-order valence-electron chi connectivity index (χ4n) is 2.22. The molecule has 1 aliphatic carbocycles. The highest BCUT2D eigenvalue weighted by Gasteiger charge is 2.29. The summed E-state index contributed by atoms with van der Waals surface area (Å²) in [5.74, 6) is 1.11. The van der Waals surface area contributed by atoms with Crippen LogP contribution in [0.25, 0.3) is 10.8 Å². The van der Waals surface area contributed by atoms with Gasteiger partial charge < -0.3 is 9.84 Å². The van der Waals surface area contributed by atoms with Gasteiger partial charge in [-0.3, -0.25) is 9.59 Å². The van der Waals surface area contributed by atoms with Gasteiger partial charge in [-0.2, -0.15) is 10.1 Å². The average molecular weight is 343 g/mol. The standard InChI is InChI=1S/C15H13N5O3S/c1-20-11(21)5-4-10(18-20)14(22)16-9-6-7-24-12(9)15-17-13(19-23-15)8-2-3-8/h4-8H,2-3H2,1H3,(H,16,22). The molecule has 24 heavy (non-hydrogen) atoms. The zero-order valence-corrected chi connectivity index (χ0v) is 13.5. The van der Waals surface area contributed by atoms with Crippen molar-refractivity contribution in [3.05, 3.63) is 45.5 Å². The summed E-state index contributed by atoms with van der Waals surface area (Å²) in [6.07, 6.45) is 2.18. The van der Waals surface area contributed by atoms with Crippen LogP contribution >= 0.6 is 11.3 Å². The second-order valence-corrected chi connectivity index (χ2v) is 6.45. The largest absolute Gasteiger partial charge is 0.333 e. The second kappa shape index (κ2) is 5.68. The van der Waals surface area contributed by atoms with E-state index < -0.39 is 5.91 Å². The van der Waals surface area contributed by atoms with Crippen molar-refractivity contribution in [1.29, 1.82) is 0 Å². The Balaban J connectivity index is 1.58. The SMILES string of the molecule is Cn1nc(C(=O)Nc2ccsc2-c2nc(C3CC3)no2)ccc1=O. The first-order chi connectivity index (χ1) is 11.6. The summed E-state index contributed by atoms with van der Waals surface area (Å²) >= 11 is 1.40. The molecule has 1 fully saturated rings. The van der Waals surface area contributed by atoms with Crippen LogP contribution in [0, 0.1) is 0 Å². The van der Waals surface area contributed by atoms with Crippen LogP contribution in [-0.4, -0.2) is 25.8 Å². The number of aryl methyl sites for hydroxylation is 1. The van der Waals surface area contributed by atoms with Crippen molar-refractivity contribution >= 4 is 22.9 Å². The molecule has 3 heterocycles. The van der Waals surface area contributed by atoms with E-state index in [1.165, 1.54) is 30.5 Å². The maximum absolute atomic E-state index is 12.3. The maximum Gasteiger partial charge on any atom is 0.276 e. The minimum absolute atomic E-state index is 0.151. The number of anilines is 1. The van der Waals surface area contributed by atoms with E-state index in [1.54, 1.807) is 6.07 Å². The molecule has 0 radical (unpaired) electrons. The third kappa shape index (κ3) is 2.73. The Morgan fingerprint density at radius 1 is 1.38 bits per heavy atom. The lowest BCUT2D eigenvalue weighted by Crippen LogP contribution is -2.23. The van der Waals surface area contributed by atoms with Gasteiger partial charge in [-0.05, 0) is 30.4 Å². The molecular formula is C15H13N5O3S. The molecule has 0 aromatic carbocycles. The number of hydrogen-bond acceptors (Lipinski definition) is 7. The van der Waals surface area contributed by atoms with E-state index in [0.717, 1.165) is 23.3 Å². The number of nitrogens with one attached hydrogen (secondary N) is 1. The monoisotopic (exact) mass is 343 g/mol. The van der Waals surface area contributed by atoms with Gasteiger partial charge in [0.25, 0.3) is 17.4 Å². The number of rotatable bonds is 4. The van der Waals surface area contributed by atoms with Crippen molar-refractivity contribution < 1.29 is 9.32 Å². The number of nitrogens with zero attached hydrogens (tertiary/aromatic N) is 4. The van der Waals surface area contributed by atoms with Crippen molar-refractivity contribution in [2.45, 2.75) is 18.8 Å². The third-order valence-corrected chi connectivity index (χ3v) is 4.59. The Bertz CT molecular complexity index is 969. The van der Waals surface area contributed by atoms with Gasteiger partial charge in [0.2, 0.25) is 0 Å². The van der Waals surface area contributed by atoms with Crippen LogP contribution < -0.4 is 10.9 Å². The molecule has 1 saturated carbocycles. The Labute approximate surface area is 140 Å². The first kappa shape index (κ1) is 14.8. The van der Waals surface area contributed by atoms with Crippen LogP contribution in [0.5, 0.6) is 0 Å². The normalized spacial score (nSPS) is 13.9. The Kier molecular flexibility index (Phi) is 3.49. The average Bonchev–Trinajstić information content (AvgIpc) is 3.12. The molecule has 8 nitrogen and oxygen atoms in total. The van der Waals surface area contributed by atoms with Crippen LogP contribution in [0.3, 0.4) is 0 Å². The highest BCUT2D eigenvalue weighted by molar-refractivity contribution is 7.14. The first-order valence-corrected chi connectivity index (χ1v) is 8.27. The Morgan fingerprint density at radius 2 is 2.21 bits per heavy atom. The number of thiophene rings is 1. The van der Waals surface area contributed by atoms with Gasteiger partial charge >= 0.3 is 0 Å². The van der Waals surface area contributed by atoms with Crippen LogP contribution in [-0.2, 0) is 7.05 Å². The fraction of sp³-hybridized carbons (Fsp3) is 0.267. The summed E-state index contributed by atoms with van der Waals surface area (Å²) in [4.78, 5) is 28.8. The fourth-order valence-corrected chi connectivity index (χ4v) is 2.99. The van der Waals surface area contributed by atoms with E-state index in [-0.39, 0.29) is 11.3 Å². The van der Waals surface area contributed by atoms with E-state index in [0.29, 0.717) is 22.4 Å². The molecule has 0 unspecified atom stereocenters. The molecule has 1 N–H and O–H groups in total. The Morgan fingerprint density at radius 3 is 2.96 bits per heavy atom. The molecule has 122 valence electrons. The van der Waals surface area contributed by atoms with E-state index in [4.69, 9.17) is 4.52 Å². The third-order valence-electron chi connectivity index (χ3n) is 3.69. The minimum atomic E-state index is -0.410. The van der Waals surface area contributed by atoms with Crippen molar-refractivity contribution in [2.75, 3.05) is 5.32 Å². The summed E-state index contributed by atoms with van der Waals surface area (Å²) in [5, 5.41) is 12.5. The number of aromatic nitrogens is 4. The highest BCUT2D eigenvalue weighted by atomic mass is 32.1. The van der Waals surface area contributed by atoms with Gasteiger partial charge in [0.1, 0.15) is 10.6 Å². The number of amides is 1. The number of carbonyl (C=O) groups is 1. The van der Waals surface area contributed by atoms with Gasteiger partial charge in [0, 0.05) is 19.0 Å². The van der Waals surface area contributed by atoms with Crippen molar-refractivity contribution in [2.24, 2.45) is 7.05 Å². The lowest BCUT2D eigenvalue weighted by molar-refractivity contribution is 0.102. The van der Waals surface area contributed by atoms with Gasteiger partial charge in [0.15, 0.2) is 5.82 Å². The molecule has 3 aromatic rings. The molecule has 1 amide bonds. The van der Waals surface area contributed by atoms with Crippen molar-refractivity contribution in [3.8, 4) is 10.8 Å². The molecule has 1 aliphatic rings. The molecule has 9 heteroatoms. The topological polar surface area (TPSA) is 103 Å². The molecule has 0 aliphatic heterocycles. The molecule has 4 rings (SSSR count). The lowest BCUT2D eigenvalue weighted by Gasteiger charge is -2.04. The smallest absolute Gasteiger partial charge is 0.276 e. The predicted molar refractivity (Wildman–Crippen MR) is 87.0 cm³/mol. The summed E-state index contributed by atoms with van der Waals surface area (Å²) < 4.78 is 6.42. The molecule has 0 atom stereocenters. The van der Waals surface area contributed by atoms with E-state index in [2.05, 4.69) is 20.6 Å². The van der Waals surface area contributed by atoms with E-state index in [1.807, 2.05) is 5.38 Å². The number of hydrogen-bond donors (Lipinski definition) is 1. The minimum Gasteiger partial charge on any atom is -0.333 e. The second-order valence-electron chi connectivity index (χ2n) is 5.53. The van der Waals surface area contributed by atoms with Crippen LogP contribution in [0.1, 0.15) is 35.1 Å². The van der Waals surface area contributed by atoms with Gasteiger partial charge in [-0.25, -0.2) is 4.68 Å². The number of carbonyl (C=O) groups excluding carboxylic acids is 1. The van der Waals surface area contributed by atoms with E-state index >= 15 is 0 Å². The molecule has 0 spiro atoms. The van der Waals surface area contributed by atoms with Gasteiger partial charge in [-0.1, -0.05) is 5.16 Å². The maximum atomic E-state index is 12.3. The zero-order valence-electron chi connectivity index (χ0n) is 12.7. The summed E-state index contributed by atoms with van der Waals surface area (Å²) in [6, 6.07) is 4.46. The van der Waals surface area contributed by atoms with Crippen LogP contribution in [0.4, 0.5) is 5.69 Å². The van der Waals surface area contributed by atoms with Crippen molar-refractivity contribution in [3.63, 3.8) is 0 Å². The van der Waals surface area contributed by atoms with Crippen molar-refractivity contribution in [1.82, 2.24) is 19.9 Å². The zero-order chi connectivity index (χ0) is 16.7. The highest BCUT2D eigenvalue weighted by Crippen LogP contribution is 2.40. The molecular weight excluding hydrogens is 330 g/mol. The summed E-state index contributed by atoms with van der Waals surface area (Å²) in [6.45, 7) is 0. The first-order valence-electron chi connectivity index (χ1n) is 7.39. The summed E-state index contributed by atoms with van der Waals surface area (Å²) in [5.41, 5.74) is 0.450. The van der Waals surface area contributed by atoms with Crippen LogP contribution in [0.15, 0.2) is 32.9 Å². The molecule has 0 saturated heterocycles. The molecule has 3 aromatic heterocycles.